The van der Waals surface area contributed by atoms with Crippen molar-refractivity contribution in [1.29, 1.82) is 10.5 Å². The van der Waals surface area contributed by atoms with Crippen LogP contribution in [0, 0.1) is 28.5 Å². The Bertz CT molecular complexity index is 359. The van der Waals surface area contributed by atoms with Crippen LogP contribution in [-0.2, 0) is 0 Å². The van der Waals surface area contributed by atoms with E-state index >= 15 is 0 Å². The zero-order valence-corrected chi connectivity index (χ0v) is 5.37. The van der Waals surface area contributed by atoms with Crippen molar-refractivity contribution < 1.29 is 4.39 Å². The number of pyridine rings is 1. The summed E-state index contributed by atoms with van der Waals surface area (Å²) >= 11 is 0. The zero-order chi connectivity index (χ0) is 8.27. The molecule has 0 aliphatic heterocycles. The van der Waals surface area contributed by atoms with Crippen LogP contribution in [0.2, 0.25) is 0 Å². The highest BCUT2D eigenvalue weighted by atomic mass is 19.1. The third-order valence-electron chi connectivity index (χ3n) is 1.07. The van der Waals surface area contributed by atoms with Gasteiger partial charge in [-0.15, -0.1) is 0 Å². The van der Waals surface area contributed by atoms with Gasteiger partial charge in [0.1, 0.15) is 17.8 Å². The van der Waals surface area contributed by atoms with Crippen LogP contribution >= 0.6 is 0 Å². The molecule has 0 fully saturated rings. The number of halogens is 1. The van der Waals surface area contributed by atoms with E-state index in [1.807, 2.05) is 0 Å². The quantitative estimate of drug-likeness (QED) is 0.549. The first-order chi connectivity index (χ1) is 5.27. The molecule has 0 radical (unpaired) electrons. The van der Waals surface area contributed by atoms with Crippen LogP contribution in [0.3, 0.4) is 0 Å². The highest BCUT2D eigenvalue weighted by Gasteiger charge is 2.02. The number of rotatable bonds is 0. The topological polar surface area (TPSA) is 60.5 Å². The van der Waals surface area contributed by atoms with Gasteiger partial charge in [-0.05, 0) is 12.1 Å². The van der Waals surface area contributed by atoms with Crippen molar-refractivity contribution >= 4 is 0 Å². The van der Waals surface area contributed by atoms with Crippen molar-refractivity contribution in [3.8, 4) is 12.1 Å². The van der Waals surface area contributed by atoms with Crippen molar-refractivity contribution in [3.63, 3.8) is 0 Å². The first-order valence-electron chi connectivity index (χ1n) is 2.74. The van der Waals surface area contributed by atoms with Crippen molar-refractivity contribution in [2.45, 2.75) is 0 Å². The Kier molecular flexibility index (Phi) is 1.80. The van der Waals surface area contributed by atoms with Gasteiger partial charge in [0.2, 0.25) is 0 Å². The van der Waals surface area contributed by atoms with Crippen LogP contribution in [0.25, 0.3) is 0 Å². The second-order valence-corrected chi connectivity index (χ2v) is 1.75. The van der Waals surface area contributed by atoms with Crippen LogP contribution in [0.5, 0.6) is 0 Å². The molecule has 0 saturated carbocycles. The molecule has 1 aromatic heterocycles. The van der Waals surface area contributed by atoms with E-state index in [0.717, 1.165) is 6.07 Å². The summed E-state index contributed by atoms with van der Waals surface area (Å²) in [7, 11) is 0. The molecule has 52 valence electrons. The maximum absolute atomic E-state index is 12.5. The van der Waals surface area contributed by atoms with Gasteiger partial charge >= 0.3 is 0 Å². The monoisotopic (exact) mass is 147 g/mol. The molecule has 0 saturated heterocycles. The Hall–Kier alpha value is -1.94. The van der Waals surface area contributed by atoms with Crippen molar-refractivity contribution in [1.82, 2.24) is 4.98 Å². The molecule has 0 bridgehead atoms. The Morgan fingerprint density at radius 2 is 2.00 bits per heavy atom. The first kappa shape index (κ1) is 7.17. The smallest absolute Gasteiger partial charge is 0.177 e. The van der Waals surface area contributed by atoms with Gasteiger partial charge < -0.3 is 0 Å². The van der Waals surface area contributed by atoms with Crippen LogP contribution < -0.4 is 0 Å². The van der Waals surface area contributed by atoms with Crippen LogP contribution in [0.15, 0.2) is 12.1 Å². The highest BCUT2D eigenvalue weighted by molar-refractivity contribution is 5.29. The van der Waals surface area contributed by atoms with Crippen LogP contribution in [0.1, 0.15) is 11.4 Å². The molecular weight excluding hydrogens is 145 g/mol. The van der Waals surface area contributed by atoms with Crippen molar-refractivity contribution in [2.75, 3.05) is 0 Å². The summed E-state index contributed by atoms with van der Waals surface area (Å²) in [5, 5.41) is 16.6. The SMILES string of the molecule is N#Cc1ccc(F)c(C#N)n1. The number of nitriles is 2. The summed E-state index contributed by atoms with van der Waals surface area (Å²) in [5.41, 5.74) is -0.299. The van der Waals surface area contributed by atoms with E-state index in [1.165, 1.54) is 12.1 Å². The Morgan fingerprint density at radius 3 is 2.55 bits per heavy atom. The molecule has 1 heterocycles. The van der Waals surface area contributed by atoms with E-state index in [-0.39, 0.29) is 11.4 Å². The molecule has 1 aromatic rings. The summed E-state index contributed by atoms with van der Waals surface area (Å²) in [6.45, 7) is 0. The molecule has 0 atom stereocenters. The normalized spacial score (nSPS) is 8.27. The highest BCUT2D eigenvalue weighted by Crippen LogP contribution is 2.02. The molecule has 3 nitrogen and oxygen atoms in total. The van der Waals surface area contributed by atoms with Gasteiger partial charge in [0.25, 0.3) is 0 Å². The molecule has 0 aliphatic rings. The van der Waals surface area contributed by atoms with E-state index < -0.39 is 5.82 Å². The molecule has 0 spiro atoms. The Morgan fingerprint density at radius 1 is 1.27 bits per heavy atom. The van der Waals surface area contributed by atoms with E-state index in [0.29, 0.717) is 0 Å². The minimum absolute atomic E-state index is 0.0444. The average Bonchev–Trinajstić information content (AvgIpc) is 2.05. The molecule has 0 aromatic carbocycles. The lowest BCUT2D eigenvalue weighted by Gasteiger charge is -1.90. The zero-order valence-electron chi connectivity index (χ0n) is 5.37. The van der Waals surface area contributed by atoms with Crippen LogP contribution in [-0.4, -0.2) is 4.98 Å². The summed E-state index contributed by atoms with van der Waals surface area (Å²) in [5.74, 6) is -0.702. The van der Waals surface area contributed by atoms with Crippen LogP contribution in [0.4, 0.5) is 4.39 Å². The molecule has 0 N–H and O–H groups in total. The van der Waals surface area contributed by atoms with E-state index in [4.69, 9.17) is 10.5 Å². The van der Waals surface area contributed by atoms with Gasteiger partial charge in [-0.25, -0.2) is 9.37 Å². The van der Waals surface area contributed by atoms with Gasteiger partial charge in [-0.2, -0.15) is 10.5 Å². The van der Waals surface area contributed by atoms with Gasteiger partial charge in [0.15, 0.2) is 11.5 Å². The molecule has 11 heavy (non-hydrogen) atoms. The Labute approximate surface area is 62.3 Å². The van der Waals surface area contributed by atoms with E-state index in [2.05, 4.69) is 4.98 Å². The molecule has 1 rings (SSSR count). The summed E-state index contributed by atoms with van der Waals surface area (Å²) in [6, 6.07) is 5.50. The maximum Gasteiger partial charge on any atom is 0.177 e. The van der Waals surface area contributed by atoms with E-state index in [1.54, 1.807) is 6.07 Å². The fourth-order valence-corrected chi connectivity index (χ4v) is 0.583. The minimum atomic E-state index is -0.702. The van der Waals surface area contributed by atoms with Gasteiger partial charge in [0.05, 0.1) is 0 Å². The summed E-state index contributed by atoms with van der Waals surface area (Å²) in [4.78, 5) is 3.41. The lowest BCUT2D eigenvalue weighted by Crippen LogP contribution is -1.91. The Balaban J connectivity index is 3.29. The fraction of sp³-hybridized carbons (Fsp3) is 0. The maximum atomic E-state index is 12.5. The third-order valence-corrected chi connectivity index (χ3v) is 1.07. The molecule has 0 aliphatic carbocycles. The second-order valence-electron chi connectivity index (χ2n) is 1.75. The first-order valence-corrected chi connectivity index (χ1v) is 2.74. The fourth-order valence-electron chi connectivity index (χ4n) is 0.583. The predicted molar refractivity (Wildman–Crippen MR) is 33.6 cm³/mol. The second kappa shape index (κ2) is 2.76. The molecule has 0 unspecified atom stereocenters. The summed E-state index contributed by atoms with van der Waals surface area (Å²) in [6.07, 6.45) is 0. The number of nitrogens with zero attached hydrogens (tertiary/aromatic N) is 3. The minimum Gasteiger partial charge on any atom is -0.223 e. The molecule has 0 amide bonds. The largest absolute Gasteiger partial charge is 0.223 e. The number of aromatic nitrogens is 1. The summed E-state index contributed by atoms with van der Waals surface area (Å²) < 4.78 is 12.5. The standard InChI is InChI=1S/C7H2FN3/c8-6-2-1-5(3-9)11-7(6)4-10/h1-2H. The van der Waals surface area contributed by atoms with Gasteiger partial charge in [-0.1, -0.05) is 0 Å². The van der Waals surface area contributed by atoms with Gasteiger partial charge in [0, 0.05) is 0 Å². The van der Waals surface area contributed by atoms with Gasteiger partial charge in [-0.3, -0.25) is 0 Å². The van der Waals surface area contributed by atoms with E-state index in [9.17, 15) is 4.39 Å². The molecule has 4 heteroatoms. The lowest BCUT2D eigenvalue weighted by atomic mass is 10.3. The van der Waals surface area contributed by atoms with Crippen molar-refractivity contribution in [2.24, 2.45) is 0 Å². The number of hydrogen-bond acceptors (Lipinski definition) is 3. The van der Waals surface area contributed by atoms with Crippen molar-refractivity contribution in [3.05, 3.63) is 29.3 Å². The predicted octanol–water partition coefficient (Wildman–Crippen LogP) is 0.964. The average molecular weight is 147 g/mol. The lowest BCUT2D eigenvalue weighted by molar-refractivity contribution is 0.616. The number of hydrogen-bond donors (Lipinski definition) is 0. The third kappa shape index (κ3) is 1.31. The molecular formula is C7H2FN3.